The number of piperazine rings is 1. The van der Waals surface area contributed by atoms with E-state index in [1.54, 1.807) is 6.92 Å². The topological polar surface area (TPSA) is 108 Å². The molecule has 4 rings (SSSR count). The van der Waals surface area contributed by atoms with Crippen LogP contribution in [0.3, 0.4) is 0 Å². The Morgan fingerprint density at radius 2 is 1.97 bits per heavy atom. The Morgan fingerprint density at radius 1 is 1.21 bits per heavy atom. The highest BCUT2D eigenvalue weighted by Gasteiger charge is 2.23. The predicted molar refractivity (Wildman–Crippen MR) is 130 cm³/mol. The SMILES string of the molecule is CCOc1c(Nc2cc(C)[nH]n2)nc(Sc2ccc(CC(C)=O)cc2)nc1N1CCNCC1. The molecule has 0 atom stereocenters. The van der Waals surface area contributed by atoms with Gasteiger partial charge in [-0.3, -0.25) is 9.89 Å². The Labute approximate surface area is 197 Å². The van der Waals surface area contributed by atoms with Gasteiger partial charge in [0, 0.05) is 49.3 Å². The normalized spacial score (nSPS) is 13.7. The van der Waals surface area contributed by atoms with Crippen LogP contribution in [0.15, 0.2) is 40.4 Å². The lowest BCUT2D eigenvalue weighted by Crippen LogP contribution is -2.44. The van der Waals surface area contributed by atoms with Crippen LogP contribution in [-0.4, -0.2) is 58.7 Å². The summed E-state index contributed by atoms with van der Waals surface area (Å²) in [5, 5.41) is 14.5. The number of carbonyl (C=O) groups excluding carboxylic acids is 1. The smallest absolute Gasteiger partial charge is 0.205 e. The number of benzene rings is 1. The summed E-state index contributed by atoms with van der Waals surface area (Å²) in [4.78, 5) is 24.3. The Bertz CT molecular complexity index is 1090. The zero-order valence-corrected chi connectivity index (χ0v) is 20.0. The highest BCUT2D eigenvalue weighted by atomic mass is 32.2. The maximum atomic E-state index is 11.4. The standard InChI is InChI=1S/C23H29N7O2S/c1-4-32-20-21(25-19-13-15(2)28-29-19)26-23(27-22(20)30-11-9-24-10-12-30)33-18-7-5-17(6-8-18)14-16(3)31/h5-8,13,24H,4,9-12,14H2,1-3H3,(H2,25,26,27,28,29). The Balaban J connectivity index is 1.69. The molecule has 10 heteroatoms. The summed E-state index contributed by atoms with van der Waals surface area (Å²) >= 11 is 1.48. The van der Waals surface area contributed by atoms with Gasteiger partial charge < -0.3 is 20.3 Å². The van der Waals surface area contributed by atoms with E-state index in [1.165, 1.54) is 11.8 Å². The van der Waals surface area contributed by atoms with E-state index in [0.717, 1.165) is 48.1 Å². The molecule has 0 saturated carbocycles. The zero-order valence-electron chi connectivity index (χ0n) is 19.1. The summed E-state index contributed by atoms with van der Waals surface area (Å²) in [5.41, 5.74) is 1.95. The van der Waals surface area contributed by atoms with Gasteiger partial charge in [-0.15, -0.1) is 0 Å². The molecule has 0 radical (unpaired) electrons. The first kappa shape index (κ1) is 23.1. The zero-order chi connectivity index (χ0) is 23.2. The lowest BCUT2D eigenvalue weighted by atomic mass is 10.1. The molecule has 1 aliphatic heterocycles. The van der Waals surface area contributed by atoms with E-state index in [4.69, 9.17) is 14.7 Å². The molecule has 0 bridgehead atoms. The minimum Gasteiger partial charge on any atom is -0.487 e. The third kappa shape index (κ3) is 6.02. The van der Waals surface area contributed by atoms with Crippen LogP contribution < -0.4 is 20.3 Å². The molecule has 1 saturated heterocycles. The summed E-state index contributed by atoms with van der Waals surface area (Å²) in [5.74, 6) is 2.81. The number of hydrogen-bond acceptors (Lipinski definition) is 9. The molecule has 1 fully saturated rings. The summed E-state index contributed by atoms with van der Waals surface area (Å²) in [6.07, 6.45) is 0.439. The second kappa shape index (κ2) is 10.7. The lowest BCUT2D eigenvalue weighted by Gasteiger charge is -2.30. The first-order valence-electron chi connectivity index (χ1n) is 11.1. The summed E-state index contributed by atoms with van der Waals surface area (Å²) < 4.78 is 6.03. The molecule has 3 N–H and O–H groups in total. The van der Waals surface area contributed by atoms with Crippen LogP contribution in [0.1, 0.15) is 25.1 Å². The van der Waals surface area contributed by atoms with Gasteiger partial charge in [0.1, 0.15) is 5.78 Å². The van der Waals surface area contributed by atoms with Crippen molar-refractivity contribution in [3.8, 4) is 5.75 Å². The summed E-state index contributed by atoms with van der Waals surface area (Å²) in [6, 6.07) is 9.86. The minimum absolute atomic E-state index is 0.148. The van der Waals surface area contributed by atoms with Crippen LogP contribution in [0, 0.1) is 6.92 Å². The number of nitrogens with zero attached hydrogens (tertiary/aromatic N) is 4. The van der Waals surface area contributed by atoms with E-state index < -0.39 is 0 Å². The van der Waals surface area contributed by atoms with E-state index in [1.807, 2.05) is 44.2 Å². The van der Waals surface area contributed by atoms with Crippen LogP contribution in [0.25, 0.3) is 0 Å². The van der Waals surface area contributed by atoms with Crippen molar-refractivity contribution in [2.45, 2.75) is 37.2 Å². The number of aromatic nitrogens is 4. The van der Waals surface area contributed by atoms with Crippen molar-refractivity contribution in [1.29, 1.82) is 0 Å². The van der Waals surface area contributed by atoms with E-state index >= 15 is 0 Å². The molecule has 3 heterocycles. The van der Waals surface area contributed by atoms with E-state index in [-0.39, 0.29) is 5.78 Å². The van der Waals surface area contributed by atoms with Gasteiger partial charge in [0.05, 0.1) is 6.61 Å². The Hall–Kier alpha value is -3.11. The van der Waals surface area contributed by atoms with Crippen molar-refractivity contribution < 1.29 is 9.53 Å². The Kier molecular flexibility index (Phi) is 7.46. The predicted octanol–water partition coefficient (Wildman–Crippen LogP) is 3.34. The number of carbonyl (C=O) groups is 1. The monoisotopic (exact) mass is 467 g/mol. The molecule has 0 spiro atoms. The highest BCUT2D eigenvalue weighted by Crippen LogP contribution is 2.38. The molecule has 1 aromatic carbocycles. The van der Waals surface area contributed by atoms with E-state index in [9.17, 15) is 4.79 Å². The maximum Gasteiger partial charge on any atom is 0.205 e. The summed E-state index contributed by atoms with van der Waals surface area (Å²) in [6.45, 7) is 9.45. The number of nitrogens with one attached hydrogen (secondary N) is 3. The van der Waals surface area contributed by atoms with Crippen molar-refractivity contribution in [2.24, 2.45) is 0 Å². The summed E-state index contributed by atoms with van der Waals surface area (Å²) in [7, 11) is 0. The molecular formula is C23H29N7O2S. The third-order valence-electron chi connectivity index (χ3n) is 5.07. The van der Waals surface area contributed by atoms with Gasteiger partial charge in [-0.2, -0.15) is 5.10 Å². The number of H-pyrrole nitrogens is 1. The van der Waals surface area contributed by atoms with Crippen LogP contribution in [0.4, 0.5) is 17.5 Å². The molecular weight excluding hydrogens is 438 g/mol. The number of hydrogen-bond donors (Lipinski definition) is 3. The average Bonchev–Trinajstić information content (AvgIpc) is 3.21. The lowest BCUT2D eigenvalue weighted by molar-refractivity contribution is -0.116. The van der Waals surface area contributed by atoms with Gasteiger partial charge in [0.25, 0.3) is 0 Å². The number of anilines is 3. The van der Waals surface area contributed by atoms with Crippen LogP contribution in [0.2, 0.25) is 0 Å². The van der Waals surface area contributed by atoms with Gasteiger partial charge in [0.15, 0.2) is 22.6 Å². The van der Waals surface area contributed by atoms with E-state index in [2.05, 4.69) is 25.7 Å². The molecule has 0 aliphatic carbocycles. The minimum atomic E-state index is 0.148. The molecule has 0 amide bonds. The molecule has 9 nitrogen and oxygen atoms in total. The van der Waals surface area contributed by atoms with E-state index in [0.29, 0.717) is 35.6 Å². The number of aromatic amines is 1. The quantitative estimate of drug-likeness (QED) is 0.408. The van der Waals surface area contributed by atoms with Crippen LogP contribution >= 0.6 is 11.8 Å². The number of aryl methyl sites for hydroxylation is 1. The van der Waals surface area contributed by atoms with Gasteiger partial charge in [-0.05, 0) is 50.2 Å². The second-order valence-corrected chi connectivity index (χ2v) is 8.90. The fraction of sp³-hybridized carbons (Fsp3) is 0.391. The van der Waals surface area contributed by atoms with Crippen molar-refractivity contribution in [2.75, 3.05) is 43.0 Å². The molecule has 3 aromatic rings. The number of Topliss-reactive ketones (excluding diaryl/α,β-unsaturated/α-hetero) is 1. The number of ether oxygens (including phenoxy) is 1. The van der Waals surface area contributed by atoms with Crippen molar-refractivity contribution in [3.05, 3.63) is 41.6 Å². The molecule has 1 aliphatic rings. The van der Waals surface area contributed by atoms with Gasteiger partial charge >= 0.3 is 0 Å². The van der Waals surface area contributed by atoms with Gasteiger partial charge in [-0.25, -0.2) is 9.97 Å². The van der Waals surface area contributed by atoms with Crippen LogP contribution in [0.5, 0.6) is 5.75 Å². The maximum absolute atomic E-state index is 11.4. The molecule has 2 aromatic heterocycles. The fourth-order valence-corrected chi connectivity index (χ4v) is 4.34. The van der Waals surface area contributed by atoms with Crippen molar-refractivity contribution in [1.82, 2.24) is 25.5 Å². The molecule has 33 heavy (non-hydrogen) atoms. The Morgan fingerprint density at radius 3 is 2.61 bits per heavy atom. The van der Waals surface area contributed by atoms with Crippen molar-refractivity contribution >= 4 is 35.0 Å². The number of ketones is 1. The fourth-order valence-electron chi connectivity index (χ4n) is 3.59. The highest BCUT2D eigenvalue weighted by molar-refractivity contribution is 7.99. The van der Waals surface area contributed by atoms with Crippen LogP contribution in [-0.2, 0) is 11.2 Å². The number of rotatable bonds is 9. The second-order valence-electron chi connectivity index (χ2n) is 7.86. The average molecular weight is 468 g/mol. The largest absolute Gasteiger partial charge is 0.487 e. The first-order chi connectivity index (χ1) is 16.0. The van der Waals surface area contributed by atoms with Gasteiger partial charge in [-0.1, -0.05) is 12.1 Å². The van der Waals surface area contributed by atoms with Gasteiger partial charge in [0.2, 0.25) is 5.75 Å². The molecule has 0 unspecified atom stereocenters. The first-order valence-corrected chi connectivity index (χ1v) is 11.9. The van der Waals surface area contributed by atoms with Crippen molar-refractivity contribution in [3.63, 3.8) is 0 Å². The third-order valence-corrected chi connectivity index (χ3v) is 5.94. The molecule has 174 valence electrons.